The quantitative estimate of drug-likeness (QED) is 0.805. The van der Waals surface area contributed by atoms with Crippen LogP contribution in [0.15, 0.2) is 10.5 Å². The largest absolute Gasteiger partial charge is 0.384 e. The summed E-state index contributed by atoms with van der Waals surface area (Å²) in [6.07, 6.45) is 0.765. The number of pyridine rings is 1. The average Bonchev–Trinajstić information content (AvgIpc) is 2.42. The predicted molar refractivity (Wildman–Crippen MR) is 63.0 cm³/mol. The summed E-state index contributed by atoms with van der Waals surface area (Å²) in [5, 5.41) is 0.780. The van der Waals surface area contributed by atoms with Gasteiger partial charge in [-0.3, -0.25) is 4.79 Å². The zero-order chi connectivity index (χ0) is 11.2. The van der Waals surface area contributed by atoms with Gasteiger partial charge in [-0.2, -0.15) is 0 Å². The maximum atomic E-state index is 10.9. The van der Waals surface area contributed by atoms with Crippen molar-refractivity contribution < 1.29 is 4.79 Å². The normalized spacial score (nSPS) is 10.9. The lowest BCUT2D eigenvalue weighted by Crippen LogP contribution is -1.98. The smallest absolute Gasteiger partial charge is 0.154 e. The first kappa shape index (κ1) is 10.2. The highest BCUT2D eigenvalue weighted by Crippen LogP contribution is 2.28. The first-order chi connectivity index (χ1) is 7.06. The number of carbonyl (C=O) groups is 1. The van der Waals surface area contributed by atoms with E-state index in [4.69, 9.17) is 5.73 Å². The molecule has 2 N–H and O–H groups in total. The van der Waals surface area contributed by atoms with Crippen molar-refractivity contribution in [3.05, 3.63) is 21.8 Å². The molecule has 2 aromatic rings. The molecule has 0 fully saturated rings. The molecule has 0 radical (unpaired) electrons. The second-order valence-corrected chi connectivity index (χ2v) is 4.26. The Kier molecular flexibility index (Phi) is 2.26. The van der Waals surface area contributed by atoms with E-state index >= 15 is 0 Å². The number of nitrogens with zero attached hydrogens (tertiary/aromatic N) is 2. The monoisotopic (exact) mass is 267 g/mol. The van der Waals surface area contributed by atoms with E-state index in [0.29, 0.717) is 11.4 Å². The van der Waals surface area contributed by atoms with Crippen LogP contribution >= 0.6 is 15.9 Å². The fourth-order valence-electron chi connectivity index (χ4n) is 1.58. The number of aromatic nitrogens is 2. The van der Waals surface area contributed by atoms with Crippen molar-refractivity contribution in [2.24, 2.45) is 7.05 Å². The van der Waals surface area contributed by atoms with E-state index in [1.807, 2.05) is 13.0 Å². The number of nitrogen functional groups attached to an aromatic ring is 1. The molecule has 0 aromatic carbocycles. The van der Waals surface area contributed by atoms with Gasteiger partial charge in [-0.05, 0) is 28.9 Å². The van der Waals surface area contributed by atoms with Crippen molar-refractivity contribution in [3.63, 3.8) is 0 Å². The SMILES string of the molecule is Cc1nc2c(cc1Br)c(C=O)c(N)n2C. The van der Waals surface area contributed by atoms with E-state index in [0.717, 1.165) is 27.5 Å². The number of aldehydes is 1. The number of fused-ring (bicyclic) bond motifs is 1. The van der Waals surface area contributed by atoms with Gasteiger partial charge in [0.25, 0.3) is 0 Å². The number of rotatable bonds is 1. The van der Waals surface area contributed by atoms with Crippen LogP contribution in [0.2, 0.25) is 0 Å². The summed E-state index contributed by atoms with van der Waals surface area (Å²) in [5.41, 5.74) is 7.91. The van der Waals surface area contributed by atoms with Gasteiger partial charge < -0.3 is 10.3 Å². The van der Waals surface area contributed by atoms with Gasteiger partial charge in [-0.1, -0.05) is 0 Å². The Morgan fingerprint density at radius 3 is 2.87 bits per heavy atom. The maximum Gasteiger partial charge on any atom is 0.154 e. The van der Waals surface area contributed by atoms with Crippen molar-refractivity contribution >= 4 is 39.1 Å². The molecule has 0 unspecified atom stereocenters. The predicted octanol–water partition coefficient (Wildman–Crippen LogP) is 2.04. The summed E-state index contributed by atoms with van der Waals surface area (Å²) >= 11 is 3.38. The van der Waals surface area contributed by atoms with Crippen molar-refractivity contribution in [2.45, 2.75) is 6.92 Å². The van der Waals surface area contributed by atoms with Gasteiger partial charge in [0, 0.05) is 16.9 Å². The second-order valence-electron chi connectivity index (χ2n) is 3.40. The first-order valence-corrected chi connectivity index (χ1v) is 5.21. The first-order valence-electron chi connectivity index (χ1n) is 4.42. The van der Waals surface area contributed by atoms with Crippen LogP contribution < -0.4 is 5.73 Å². The molecular weight excluding hydrogens is 258 g/mol. The Morgan fingerprint density at radius 1 is 1.60 bits per heavy atom. The Balaban J connectivity index is 2.97. The molecule has 0 amide bonds. The molecule has 0 aliphatic heterocycles. The highest BCUT2D eigenvalue weighted by atomic mass is 79.9. The second kappa shape index (κ2) is 3.34. The Bertz CT molecular complexity index is 560. The Morgan fingerprint density at radius 2 is 2.27 bits per heavy atom. The van der Waals surface area contributed by atoms with Crippen LogP contribution in [0, 0.1) is 6.92 Å². The molecule has 78 valence electrons. The van der Waals surface area contributed by atoms with Crippen molar-refractivity contribution in [3.8, 4) is 0 Å². The van der Waals surface area contributed by atoms with E-state index in [1.54, 1.807) is 11.6 Å². The molecule has 0 saturated carbocycles. The minimum Gasteiger partial charge on any atom is -0.384 e. The van der Waals surface area contributed by atoms with Crippen LogP contribution in [0.3, 0.4) is 0 Å². The number of halogens is 1. The van der Waals surface area contributed by atoms with Crippen LogP contribution in [-0.2, 0) is 7.05 Å². The summed E-state index contributed by atoms with van der Waals surface area (Å²) in [6, 6.07) is 1.87. The molecule has 5 heteroatoms. The Labute approximate surface area is 95.2 Å². The lowest BCUT2D eigenvalue weighted by atomic mass is 10.2. The van der Waals surface area contributed by atoms with E-state index < -0.39 is 0 Å². The minimum absolute atomic E-state index is 0.449. The summed E-state index contributed by atoms with van der Waals surface area (Å²) in [7, 11) is 1.80. The molecule has 2 aromatic heterocycles. The number of hydrogen-bond donors (Lipinski definition) is 1. The molecule has 4 nitrogen and oxygen atoms in total. The van der Waals surface area contributed by atoms with E-state index in [1.165, 1.54) is 0 Å². The molecule has 0 aliphatic carbocycles. The van der Waals surface area contributed by atoms with Gasteiger partial charge in [0.15, 0.2) is 6.29 Å². The summed E-state index contributed by atoms with van der Waals surface area (Å²) in [6.45, 7) is 1.90. The van der Waals surface area contributed by atoms with Crippen molar-refractivity contribution in [1.29, 1.82) is 0 Å². The molecule has 15 heavy (non-hydrogen) atoms. The molecule has 0 aliphatic rings. The van der Waals surface area contributed by atoms with Gasteiger partial charge in [0.1, 0.15) is 11.5 Å². The molecule has 0 saturated heterocycles. The third-order valence-electron chi connectivity index (χ3n) is 2.49. The van der Waals surface area contributed by atoms with E-state index in [9.17, 15) is 4.79 Å². The number of nitrogens with two attached hydrogens (primary N) is 1. The van der Waals surface area contributed by atoms with E-state index in [2.05, 4.69) is 20.9 Å². The molecule has 0 spiro atoms. The van der Waals surface area contributed by atoms with Gasteiger partial charge in [-0.25, -0.2) is 4.98 Å². The molecule has 0 bridgehead atoms. The van der Waals surface area contributed by atoms with Crippen LogP contribution in [0.4, 0.5) is 5.82 Å². The lowest BCUT2D eigenvalue weighted by molar-refractivity contribution is 0.112. The third kappa shape index (κ3) is 1.34. The highest BCUT2D eigenvalue weighted by Gasteiger charge is 2.14. The maximum absolute atomic E-state index is 10.9. The summed E-state index contributed by atoms with van der Waals surface area (Å²) in [4.78, 5) is 15.3. The van der Waals surface area contributed by atoms with Crippen LogP contribution in [-0.4, -0.2) is 15.8 Å². The fraction of sp³-hybridized carbons (Fsp3) is 0.200. The van der Waals surface area contributed by atoms with Gasteiger partial charge in [-0.15, -0.1) is 0 Å². The highest BCUT2D eigenvalue weighted by molar-refractivity contribution is 9.10. The molecule has 2 heterocycles. The lowest BCUT2D eigenvalue weighted by Gasteiger charge is -2.00. The fourth-order valence-corrected chi connectivity index (χ4v) is 1.90. The molecule has 2 rings (SSSR count). The van der Waals surface area contributed by atoms with Crippen molar-refractivity contribution in [1.82, 2.24) is 9.55 Å². The number of anilines is 1. The van der Waals surface area contributed by atoms with Crippen LogP contribution in [0.25, 0.3) is 11.0 Å². The number of hydrogen-bond acceptors (Lipinski definition) is 3. The van der Waals surface area contributed by atoms with Gasteiger partial charge >= 0.3 is 0 Å². The van der Waals surface area contributed by atoms with Crippen LogP contribution in [0.1, 0.15) is 16.1 Å². The summed E-state index contributed by atoms with van der Waals surface area (Å²) < 4.78 is 2.60. The standard InChI is InChI=1S/C10H10BrN3O/c1-5-8(11)3-6-7(4-15)9(12)14(2)10(6)13-5/h3-4H,12H2,1-2H3. The van der Waals surface area contributed by atoms with Gasteiger partial charge in [0.05, 0.1) is 11.3 Å². The van der Waals surface area contributed by atoms with Crippen LogP contribution in [0.5, 0.6) is 0 Å². The molecule has 0 atom stereocenters. The topological polar surface area (TPSA) is 60.9 Å². The van der Waals surface area contributed by atoms with E-state index in [-0.39, 0.29) is 0 Å². The zero-order valence-corrected chi connectivity index (χ0v) is 10.00. The van der Waals surface area contributed by atoms with Gasteiger partial charge in [0.2, 0.25) is 0 Å². The molecular formula is C10H10BrN3O. The van der Waals surface area contributed by atoms with Crippen molar-refractivity contribution in [2.75, 3.05) is 5.73 Å². The zero-order valence-electron chi connectivity index (χ0n) is 8.41. The number of aryl methyl sites for hydroxylation is 2. The average molecular weight is 268 g/mol. The Hall–Kier alpha value is -1.36. The third-order valence-corrected chi connectivity index (χ3v) is 3.30. The minimum atomic E-state index is 0.449. The summed E-state index contributed by atoms with van der Waals surface area (Å²) in [5.74, 6) is 0.449. The number of carbonyl (C=O) groups excluding carboxylic acids is 1.